The Hall–Kier alpha value is -1.10. The Kier molecular flexibility index (Phi) is 4.19. The summed E-state index contributed by atoms with van der Waals surface area (Å²) in [6.45, 7) is 4.55. The van der Waals surface area contributed by atoms with Crippen molar-refractivity contribution < 1.29 is 4.79 Å². The Labute approximate surface area is 143 Å². The van der Waals surface area contributed by atoms with E-state index < -0.39 is 0 Å². The van der Waals surface area contributed by atoms with Crippen LogP contribution in [0.5, 0.6) is 0 Å². The van der Waals surface area contributed by atoms with Gasteiger partial charge in [-0.3, -0.25) is 4.79 Å². The van der Waals surface area contributed by atoms with E-state index in [-0.39, 0.29) is 27.6 Å². The first kappa shape index (κ1) is 15.8. The van der Waals surface area contributed by atoms with Gasteiger partial charge in [0.2, 0.25) is 5.91 Å². The molecule has 2 atom stereocenters. The topological polar surface area (TPSA) is 42.0 Å². The second kappa shape index (κ2) is 5.84. The van der Waals surface area contributed by atoms with E-state index in [0.29, 0.717) is 6.54 Å². The molecular formula is C16H16Cl2N2OS. The van der Waals surface area contributed by atoms with E-state index in [9.17, 15) is 4.79 Å². The molecule has 1 aliphatic rings. The Balaban J connectivity index is 1.64. The van der Waals surface area contributed by atoms with Gasteiger partial charge in [-0.1, -0.05) is 49.2 Å². The number of rotatable bonds is 4. The molecule has 0 bridgehead atoms. The van der Waals surface area contributed by atoms with Gasteiger partial charge in [-0.2, -0.15) is 0 Å². The summed E-state index contributed by atoms with van der Waals surface area (Å²) in [6.07, 6.45) is 1.76. The van der Waals surface area contributed by atoms with Crippen molar-refractivity contribution in [3.63, 3.8) is 0 Å². The van der Waals surface area contributed by atoms with E-state index in [4.69, 9.17) is 23.2 Å². The van der Waals surface area contributed by atoms with Crippen LogP contribution in [0.2, 0.25) is 0 Å². The van der Waals surface area contributed by atoms with Gasteiger partial charge in [0.15, 0.2) is 0 Å². The molecule has 22 heavy (non-hydrogen) atoms. The van der Waals surface area contributed by atoms with Gasteiger partial charge in [-0.15, -0.1) is 11.3 Å². The zero-order valence-corrected chi connectivity index (χ0v) is 14.6. The fourth-order valence-electron chi connectivity index (χ4n) is 2.89. The van der Waals surface area contributed by atoms with Crippen LogP contribution >= 0.6 is 34.5 Å². The number of fused-ring (bicyclic) bond motifs is 1. The summed E-state index contributed by atoms with van der Waals surface area (Å²) in [5.41, 5.74) is 0.866. The summed E-state index contributed by atoms with van der Waals surface area (Å²) >= 11 is 13.0. The van der Waals surface area contributed by atoms with Crippen LogP contribution in [0.4, 0.5) is 0 Å². The van der Waals surface area contributed by atoms with E-state index in [1.54, 1.807) is 17.4 Å². The number of nitrogens with one attached hydrogen (secondary N) is 1. The number of carbonyl (C=O) groups is 1. The van der Waals surface area contributed by atoms with Crippen LogP contribution < -0.4 is 5.32 Å². The van der Waals surface area contributed by atoms with E-state index in [1.165, 1.54) is 0 Å². The standard InChI is InChI=1S/C16H16Cl2N2OS/c1-16(2)9(7-12(17)18)14(16)15(21)19-8-13-20-10-5-3-4-6-11(10)22-13/h3-7,9,14H,8H2,1-2H3,(H,19,21). The van der Waals surface area contributed by atoms with Crippen LogP contribution in [-0.2, 0) is 11.3 Å². The zero-order chi connectivity index (χ0) is 15.9. The quantitative estimate of drug-likeness (QED) is 0.877. The normalized spacial score (nSPS) is 22.4. The van der Waals surface area contributed by atoms with E-state index >= 15 is 0 Å². The van der Waals surface area contributed by atoms with Crippen molar-refractivity contribution in [2.24, 2.45) is 17.3 Å². The van der Waals surface area contributed by atoms with E-state index in [2.05, 4.69) is 10.3 Å². The number of hydrogen-bond donors (Lipinski definition) is 1. The van der Waals surface area contributed by atoms with Gasteiger partial charge in [0.05, 0.1) is 22.7 Å². The highest BCUT2D eigenvalue weighted by molar-refractivity contribution is 7.18. The fourth-order valence-corrected chi connectivity index (χ4v) is 4.07. The van der Waals surface area contributed by atoms with E-state index in [0.717, 1.165) is 15.2 Å². The lowest BCUT2D eigenvalue weighted by atomic mass is 10.1. The molecule has 0 radical (unpaired) electrons. The van der Waals surface area contributed by atoms with Crippen LogP contribution in [0.1, 0.15) is 18.9 Å². The minimum absolute atomic E-state index is 0.0279. The van der Waals surface area contributed by atoms with Crippen LogP contribution in [0.15, 0.2) is 34.8 Å². The van der Waals surface area contributed by atoms with Gasteiger partial charge in [0.25, 0.3) is 0 Å². The number of carbonyl (C=O) groups excluding carboxylic acids is 1. The first-order valence-corrected chi connectivity index (χ1v) is 8.62. The number of allylic oxidation sites excluding steroid dienone is 1. The predicted octanol–water partition coefficient (Wildman–Crippen LogP) is 4.50. The van der Waals surface area contributed by atoms with Gasteiger partial charge in [-0.05, 0) is 29.5 Å². The third-order valence-electron chi connectivity index (χ3n) is 4.25. The first-order valence-electron chi connectivity index (χ1n) is 7.04. The van der Waals surface area contributed by atoms with Crippen molar-refractivity contribution in [3.8, 4) is 0 Å². The van der Waals surface area contributed by atoms with Gasteiger partial charge in [0, 0.05) is 0 Å². The molecule has 0 aliphatic heterocycles. The Morgan fingerprint density at radius 3 is 2.82 bits per heavy atom. The predicted molar refractivity (Wildman–Crippen MR) is 92.0 cm³/mol. The molecule has 1 N–H and O–H groups in total. The SMILES string of the molecule is CC1(C)C(C=C(Cl)Cl)C1C(=O)NCc1nc2ccccc2s1. The second-order valence-corrected chi connectivity index (χ2v) is 8.20. The molecule has 0 spiro atoms. The Morgan fingerprint density at radius 2 is 2.14 bits per heavy atom. The zero-order valence-electron chi connectivity index (χ0n) is 12.3. The molecule has 2 aromatic rings. The van der Waals surface area contributed by atoms with Crippen LogP contribution in [0.25, 0.3) is 10.2 Å². The maximum absolute atomic E-state index is 12.4. The van der Waals surface area contributed by atoms with Crippen molar-refractivity contribution in [2.75, 3.05) is 0 Å². The highest BCUT2D eigenvalue weighted by Gasteiger charge is 2.60. The molecule has 116 valence electrons. The molecule has 1 aromatic heterocycles. The lowest BCUT2D eigenvalue weighted by Gasteiger charge is -2.03. The second-order valence-electron chi connectivity index (χ2n) is 6.07. The Morgan fingerprint density at radius 1 is 1.41 bits per heavy atom. The smallest absolute Gasteiger partial charge is 0.224 e. The molecule has 1 amide bonds. The van der Waals surface area contributed by atoms with Gasteiger partial charge in [0.1, 0.15) is 9.50 Å². The first-order chi connectivity index (χ1) is 10.4. The number of para-hydroxylation sites is 1. The lowest BCUT2D eigenvalue weighted by Crippen LogP contribution is -2.26. The van der Waals surface area contributed by atoms with Gasteiger partial charge < -0.3 is 5.32 Å². The molecular weight excluding hydrogens is 339 g/mol. The van der Waals surface area contributed by atoms with Crippen LogP contribution in [0, 0.1) is 17.3 Å². The molecule has 3 nitrogen and oxygen atoms in total. The van der Waals surface area contributed by atoms with Gasteiger partial charge in [-0.25, -0.2) is 4.98 Å². The molecule has 0 saturated heterocycles. The highest BCUT2D eigenvalue weighted by Crippen LogP contribution is 2.59. The summed E-state index contributed by atoms with van der Waals surface area (Å²) in [6, 6.07) is 7.96. The number of nitrogens with zero attached hydrogens (tertiary/aromatic N) is 1. The molecule has 2 unspecified atom stereocenters. The number of halogens is 2. The number of aromatic nitrogens is 1. The molecule has 1 aliphatic carbocycles. The third-order valence-corrected chi connectivity index (χ3v) is 5.54. The van der Waals surface area contributed by atoms with Crippen molar-refractivity contribution in [3.05, 3.63) is 39.8 Å². The molecule has 1 aromatic carbocycles. The van der Waals surface area contributed by atoms with Crippen molar-refractivity contribution in [1.82, 2.24) is 10.3 Å². The van der Waals surface area contributed by atoms with Crippen molar-refractivity contribution in [2.45, 2.75) is 20.4 Å². The molecule has 1 fully saturated rings. The number of benzene rings is 1. The van der Waals surface area contributed by atoms with Crippen molar-refractivity contribution >= 4 is 50.7 Å². The highest BCUT2D eigenvalue weighted by atomic mass is 35.5. The largest absolute Gasteiger partial charge is 0.349 e. The molecule has 3 rings (SSSR count). The number of hydrogen-bond acceptors (Lipinski definition) is 3. The lowest BCUT2D eigenvalue weighted by molar-refractivity contribution is -0.123. The average Bonchev–Trinajstić information content (AvgIpc) is 2.83. The average molecular weight is 355 g/mol. The number of thiazole rings is 1. The maximum Gasteiger partial charge on any atom is 0.224 e. The molecule has 1 saturated carbocycles. The van der Waals surface area contributed by atoms with Crippen molar-refractivity contribution in [1.29, 1.82) is 0 Å². The Bertz CT molecular complexity index is 716. The summed E-state index contributed by atoms with van der Waals surface area (Å²) in [7, 11) is 0. The third kappa shape index (κ3) is 3.00. The van der Waals surface area contributed by atoms with Crippen LogP contribution in [0.3, 0.4) is 0 Å². The summed E-state index contributed by atoms with van der Waals surface area (Å²) in [5, 5.41) is 3.89. The van der Waals surface area contributed by atoms with Crippen LogP contribution in [-0.4, -0.2) is 10.9 Å². The fraction of sp³-hybridized carbons (Fsp3) is 0.375. The molecule has 1 heterocycles. The maximum atomic E-state index is 12.4. The van der Waals surface area contributed by atoms with E-state index in [1.807, 2.05) is 38.1 Å². The number of amides is 1. The monoisotopic (exact) mass is 354 g/mol. The minimum atomic E-state index is -0.104. The minimum Gasteiger partial charge on any atom is -0.349 e. The van der Waals surface area contributed by atoms with Gasteiger partial charge >= 0.3 is 0 Å². The summed E-state index contributed by atoms with van der Waals surface area (Å²) < 4.78 is 1.35. The summed E-state index contributed by atoms with van der Waals surface area (Å²) in [4.78, 5) is 16.9. The summed E-state index contributed by atoms with van der Waals surface area (Å²) in [5.74, 6) is 0.0299. The molecule has 6 heteroatoms.